The molecule has 0 saturated heterocycles. The van der Waals surface area contributed by atoms with Crippen LogP contribution in [0.3, 0.4) is 0 Å². The summed E-state index contributed by atoms with van der Waals surface area (Å²) in [6, 6.07) is 9.68. The van der Waals surface area contributed by atoms with Gasteiger partial charge in [-0.25, -0.2) is 0 Å². The highest BCUT2D eigenvalue weighted by Gasteiger charge is 2.24. The number of ketones is 1. The van der Waals surface area contributed by atoms with Crippen LogP contribution in [0.5, 0.6) is 0 Å². The number of fused-ring (bicyclic) bond motifs is 1. The third-order valence-corrected chi connectivity index (χ3v) is 4.59. The summed E-state index contributed by atoms with van der Waals surface area (Å²) in [5.41, 5.74) is 1.89. The van der Waals surface area contributed by atoms with Gasteiger partial charge >= 0.3 is 0 Å². The molecule has 2 aliphatic rings. The number of carbonyl (C=O) groups is 2. The Kier molecular flexibility index (Phi) is 4.53. The smallest absolute Gasteiger partial charge is 0.224 e. The van der Waals surface area contributed by atoms with Gasteiger partial charge in [0.1, 0.15) is 5.37 Å². The zero-order valence-electron chi connectivity index (χ0n) is 12.0. The summed E-state index contributed by atoms with van der Waals surface area (Å²) >= 11 is 1.59. The number of benzene rings is 1. The lowest BCUT2D eigenvalue weighted by molar-refractivity contribution is -0.120. The fraction of sp³-hybridized carbons (Fsp3) is 0.235. The summed E-state index contributed by atoms with van der Waals surface area (Å²) in [6.07, 6.45) is 6.08. The predicted molar refractivity (Wildman–Crippen MR) is 88.8 cm³/mol. The standard InChI is InChI=1S/C17H16N2O2S/c20-13-6-7-14-15(11-13)22-17(19-14)8-9-18-16(21)10-12-4-2-1-3-5-12/h1-7,11,17H,8-10H2,(H,18,21). The number of rotatable bonds is 5. The van der Waals surface area contributed by atoms with Crippen LogP contribution in [0.25, 0.3) is 0 Å². The molecule has 1 unspecified atom stereocenters. The van der Waals surface area contributed by atoms with Crippen LogP contribution in [0.4, 0.5) is 0 Å². The van der Waals surface area contributed by atoms with Crippen molar-refractivity contribution in [2.45, 2.75) is 18.2 Å². The molecule has 1 aromatic rings. The van der Waals surface area contributed by atoms with Crippen LogP contribution < -0.4 is 5.32 Å². The van der Waals surface area contributed by atoms with Crippen LogP contribution in [0.2, 0.25) is 0 Å². The summed E-state index contributed by atoms with van der Waals surface area (Å²) in [4.78, 5) is 28.6. The van der Waals surface area contributed by atoms with Gasteiger partial charge in [-0.3, -0.25) is 14.6 Å². The first-order valence-electron chi connectivity index (χ1n) is 7.20. The van der Waals surface area contributed by atoms with Crippen molar-refractivity contribution in [3.05, 3.63) is 59.0 Å². The topological polar surface area (TPSA) is 58.5 Å². The number of hydrogen-bond acceptors (Lipinski definition) is 4. The number of amides is 1. The van der Waals surface area contributed by atoms with Crippen molar-refractivity contribution >= 4 is 29.2 Å². The third-order valence-electron chi connectivity index (χ3n) is 3.40. The van der Waals surface area contributed by atoms with Gasteiger partial charge < -0.3 is 5.32 Å². The Bertz CT molecular complexity index is 677. The summed E-state index contributed by atoms with van der Waals surface area (Å²) < 4.78 is 0. The summed E-state index contributed by atoms with van der Waals surface area (Å²) in [5, 5.41) is 3.00. The molecule has 0 fully saturated rings. The van der Waals surface area contributed by atoms with E-state index in [2.05, 4.69) is 10.3 Å². The van der Waals surface area contributed by atoms with E-state index in [0.717, 1.165) is 22.6 Å². The Morgan fingerprint density at radius 2 is 2.05 bits per heavy atom. The first kappa shape index (κ1) is 14.8. The van der Waals surface area contributed by atoms with Gasteiger partial charge in [0.2, 0.25) is 5.91 Å². The number of thioether (sulfide) groups is 1. The van der Waals surface area contributed by atoms with Gasteiger partial charge in [0.15, 0.2) is 5.78 Å². The van der Waals surface area contributed by atoms with Crippen molar-refractivity contribution in [1.82, 2.24) is 5.32 Å². The zero-order chi connectivity index (χ0) is 15.4. The van der Waals surface area contributed by atoms with Gasteiger partial charge in [-0.15, -0.1) is 0 Å². The summed E-state index contributed by atoms with van der Waals surface area (Å²) in [7, 11) is 0. The summed E-state index contributed by atoms with van der Waals surface area (Å²) in [5.74, 6) is 0.0341. The number of nitrogens with zero attached hydrogens (tertiary/aromatic N) is 1. The molecule has 0 saturated carbocycles. The highest BCUT2D eigenvalue weighted by Crippen LogP contribution is 2.34. The van der Waals surface area contributed by atoms with Crippen molar-refractivity contribution < 1.29 is 9.59 Å². The second-order valence-electron chi connectivity index (χ2n) is 5.13. The molecule has 0 radical (unpaired) electrons. The zero-order valence-corrected chi connectivity index (χ0v) is 12.8. The second kappa shape index (κ2) is 6.75. The van der Waals surface area contributed by atoms with Crippen molar-refractivity contribution in [2.75, 3.05) is 6.54 Å². The molecule has 1 amide bonds. The summed E-state index contributed by atoms with van der Waals surface area (Å²) in [6.45, 7) is 0.588. The fourth-order valence-electron chi connectivity index (χ4n) is 2.33. The Labute approximate surface area is 133 Å². The average Bonchev–Trinajstić information content (AvgIpc) is 2.90. The largest absolute Gasteiger partial charge is 0.356 e. The predicted octanol–water partition coefficient (Wildman–Crippen LogP) is 2.27. The molecule has 3 rings (SSSR count). The lowest BCUT2D eigenvalue weighted by atomic mass is 10.1. The van der Waals surface area contributed by atoms with E-state index in [9.17, 15) is 9.59 Å². The number of aliphatic imine (C=N–C) groups is 1. The first-order valence-corrected chi connectivity index (χ1v) is 8.08. The molecule has 22 heavy (non-hydrogen) atoms. The fourth-order valence-corrected chi connectivity index (χ4v) is 3.45. The van der Waals surface area contributed by atoms with Gasteiger partial charge in [0.25, 0.3) is 0 Å². The van der Waals surface area contributed by atoms with Gasteiger partial charge in [-0.1, -0.05) is 42.1 Å². The minimum atomic E-state index is 0.0123. The maximum absolute atomic E-state index is 11.9. The van der Waals surface area contributed by atoms with Crippen LogP contribution in [-0.2, 0) is 16.0 Å². The monoisotopic (exact) mass is 312 g/mol. The van der Waals surface area contributed by atoms with Crippen molar-refractivity contribution in [2.24, 2.45) is 4.99 Å². The molecule has 0 aromatic heterocycles. The molecule has 4 nitrogen and oxygen atoms in total. The van der Waals surface area contributed by atoms with E-state index in [1.807, 2.05) is 30.3 Å². The molecular formula is C17H16N2O2S. The molecular weight excluding hydrogens is 296 g/mol. The lowest BCUT2D eigenvalue weighted by Crippen LogP contribution is -2.27. The second-order valence-corrected chi connectivity index (χ2v) is 6.35. The van der Waals surface area contributed by atoms with Crippen molar-refractivity contribution in [3.8, 4) is 0 Å². The number of hydrogen-bond donors (Lipinski definition) is 1. The molecule has 0 bridgehead atoms. The van der Waals surface area contributed by atoms with E-state index in [-0.39, 0.29) is 17.1 Å². The molecule has 1 heterocycles. The van der Waals surface area contributed by atoms with Crippen molar-refractivity contribution in [3.63, 3.8) is 0 Å². The van der Waals surface area contributed by atoms with Gasteiger partial charge in [0, 0.05) is 17.5 Å². The van der Waals surface area contributed by atoms with Crippen LogP contribution in [0.1, 0.15) is 12.0 Å². The SMILES string of the molecule is O=C1C=CC2=NC(CCNC(=O)Cc3ccccc3)SC2=C1. The van der Waals surface area contributed by atoms with E-state index < -0.39 is 0 Å². The Morgan fingerprint density at radius 3 is 2.86 bits per heavy atom. The Hall–Kier alpha value is -2.14. The number of nitrogens with one attached hydrogen (secondary N) is 1. The molecule has 1 aliphatic heterocycles. The minimum Gasteiger partial charge on any atom is -0.356 e. The number of carbonyl (C=O) groups excluding carboxylic acids is 2. The van der Waals surface area contributed by atoms with E-state index in [1.54, 1.807) is 23.9 Å². The van der Waals surface area contributed by atoms with E-state index in [4.69, 9.17) is 0 Å². The van der Waals surface area contributed by atoms with Crippen LogP contribution in [0.15, 0.2) is 58.5 Å². The normalized spacial score (nSPS) is 19.5. The molecule has 1 aliphatic carbocycles. The maximum atomic E-state index is 11.9. The molecule has 112 valence electrons. The van der Waals surface area contributed by atoms with Crippen LogP contribution in [-0.4, -0.2) is 29.3 Å². The Balaban J connectivity index is 1.44. The molecule has 1 atom stereocenters. The van der Waals surface area contributed by atoms with Gasteiger partial charge in [-0.05, 0) is 24.1 Å². The molecule has 0 spiro atoms. The molecule has 1 aromatic carbocycles. The van der Waals surface area contributed by atoms with Gasteiger partial charge in [-0.2, -0.15) is 0 Å². The van der Waals surface area contributed by atoms with Crippen LogP contribution >= 0.6 is 11.8 Å². The maximum Gasteiger partial charge on any atom is 0.224 e. The number of allylic oxidation sites excluding steroid dienone is 4. The lowest BCUT2D eigenvalue weighted by Gasteiger charge is -2.08. The molecule has 5 heteroatoms. The minimum absolute atomic E-state index is 0.0123. The van der Waals surface area contributed by atoms with E-state index >= 15 is 0 Å². The first-order chi connectivity index (χ1) is 10.7. The van der Waals surface area contributed by atoms with E-state index in [0.29, 0.717) is 13.0 Å². The highest BCUT2D eigenvalue weighted by molar-refractivity contribution is 8.05. The average molecular weight is 312 g/mol. The molecule has 1 N–H and O–H groups in total. The van der Waals surface area contributed by atoms with Gasteiger partial charge in [0.05, 0.1) is 12.1 Å². The van der Waals surface area contributed by atoms with Crippen molar-refractivity contribution in [1.29, 1.82) is 0 Å². The quantitative estimate of drug-likeness (QED) is 0.849. The Morgan fingerprint density at radius 1 is 1.23 bits per heavy atom. The highest BCUT2D eigenvalue weighted by atomic mass is 32.2. The van der Waals surface area contributed by atoms with Crippen LogP contribution in [0, 0.1) is 0 Å². The third kappa shape index (κ3) is 3.74. The van der Waals surface area contributed by atoms with E-state index in [1.165, 1.54) is 6.08 Å².